The predicted octanol–water partition coefficient (Wildman–Crippen LogP) is 1.37. The molecule has 2 unspecified atom stereocenters. The Hall–Kier alpha value is -0.870. The molecule has 0 amide bonds. The fraction of sp³-hybridized carbons (Fsp3) is 0.769. The van der Waals surface area contributed by atoms with Crippen LogP contribution in [0, 0.1) is 5.92 Å². The lowest BCUT2D eigenvalue weighted by molar-refractivity contribution is 0.0208. The Labute approximate surface area is 103 Å². The van der Waals surface area contributed by atoms with E-state index in [2.05, 4.69) is 23.4 Å². The number of ether oxygens (including phenoxy) is 1. The standard InChI is InChI=1S/C13H23N3O/c1-4-17-13(10-5-6-10)12(14-2)9-11-7-8-16(3)15-11/h7-8,10,12-14H,4-6,9H2,1-3H3. The number of nitrogens with one attached hydrogen (secondary N) is 1. The third-order valence-electron chi connectivity index (χ3n) is 3.41. The van der Waals surface area contributed by atoms with E-state index in [0.717, 1.165) is 24.6 Å². The lowest BCUT2D eigenvalue weighted by Gasteiger charge is -2.26. The van der Waals surface area contributed by atoms with Gasteiger partial charge in [0.05, 0.1) is 11.8 Å². The van der Waals surface area contributed by atoms with Gasteiger partial charge in [0, 0.05) is 32.3 Å². The van der Waals surface area contributed by atoms with Crippen molar-refractivity contribution in [3.8, 4) is 0 Å². The van der Waals surface area contributed by atoms with Crippen molar-refractivity contribution in [2.45, 2.75) is 38.3 Å². The quantitative estimate of drug-likeness (QED) is 0.778. The zero-order valence-electron chi connectivity index (χ0n) is 11.0. The number of likely N-dealkylation sites (N-methyl/N-ethyl adjacent to an activating group) is 1. The zero-order chi connectivity index (χ0) is 12.3. The van der Waals surface area contributed by atoms with Gasteiger partial charge in [-0.15, -0.1) is 0 Å². The van der Waals surface area contributed by atoms with Crippen LogP contribution in [0.3, 0.4) is 0 Å². The summed E-state index contributed by atoms with van der Waals surface area (Å²) in [6, 6.07) is 2.46. The van der Waals surface area contributed by atoms with Crippen molar-refractivity contribution in [3.63, 3.8) is 0 Å². The van der Waals surface area contributed by atoms with Gasteiger partial charge in [-0.3, -0.25) is 4.68 Å². The van der Waals surface area contributed by atoms with Crippen molar-refractivity contribution in [3.05, 3.63) is 18.0 Å². The molecule has 1 aliphatic carbocycles. The summed E-state index contributed by atoms with van der Waals surface area (Å²) in [7, 11) is 3.97. The van der Waals surface area contributed by atoms with Gasteiger partial charge in [0.2, 0.25) is 0 Å². The molecule has 0 bridgehead atoms. The summed E-state index contributed by atoms with van der Waals surface area (Å²) in [5.74, 6) is 0.746. The highest BCUT2D eigenvalue weighted by Gasteiger charge is 2.36. The number of aryl methyl sites for hydroxylation is 1. The average molecular weight is 237 g/mol. The van der Waals surface area contributed by atoms with Crippen LogP contribution in [0.4, 0.5) is 0 Å². The smallest absolute Gasteiger partial charge is 0.0759 e. The van der Waals surface area contributed by atoms with Gasteiger partial charge in [-0.1, -0.05) is 0 Å². The van der Waals surface area contributed by atoms with Crippen molar-refractivity contribution in [1.29, 1.82) is 0 Å². The van der Waals surface area contributed by atoms with Crippen molar-refractivity contribution in [2.75, 3.05) is 13.7 Å². The van der Waals surface area contributed by atoms with Crippen molar-refractivity contribution < 1.29 is 4.74 Å². The van der Waals surface area contributed by atoms with E-state index >= 15 is 0 Å². The van der Waals surface area contributed by atoms with Crippen LogP contribution in [0.1, 0.15) is 25.5 Å². The lowest BCUT2D eigenvalue weighted by atomic mass is 10.0. The van der Waals surface area contributed by atoms with Crippen molar-refractivity contribution >= 4 is 0 Å². The molecule has 1 saturated carbocycles. The summed E-state index contributed by atoms with van der Waals surface area (Å²) < 4.78 is 7.76. The Morgan fingerprint density at radius 3 is 2.82 bits per heavy atom. The van der Waals surface area contributed by atoms with Gasteiger partial charge in [0.25, 0.3) is 0 Å². The minimum Gasteiger partial charge on any atom is -0.377 e. The second-order valence-corrected chi connectivity index (χ2v) is 4.84. The maximum atomic E-state index is 5.90. The Morgan fingerprint density at radius 2 is 2.35 bits per heavy atom. The normalized spacial score (nSPS) is 19.2. The van der Waals surface area contributed by atoms with Crippen LogP contribution in [0.15, 0.2) is 12.3 Å². The fourth-order valence-corrected chi connectivity index (χ4v) is 2.38. The minimum atomic E-state index is 0.340. The molecule has 96 valence electrons. The first kappa shape index (κ1) is 12.6. The highest BCUT2D eigenvalue weighted by Crippen LogP contribution is 2.36. The summed E-state index contributed by atoms with van der Waals surface area (Å²) in [5.41, 5.74) is 1.14. The molecule has 0 spiro atoms. The molecule has 1 fully saturated rings. The van der Waals surface area contributed by atoms with Crippen LogP contribution >= 0.6 is 0 Å². The van der Waals surface area contributed by atoms with E-state index in [1.54, 1.807) is 0 Å². The summed E-state index contributed by atoms with van der Waals surface area (Å²) in [6.07, 6.45) is 5.90. The summed E-state index contributed by atoms with van der Waals surface area (Å²) in [5, 5.41) is 7.83. The van der Waals surface area contributed by atoms with Crippen LogP contribution in [0.25, 0.3) is 0 Å². The van der Waals surface area contributed by atoms with Gasteiger partial charge in [-0.25, -0.2) is 0 Å². The van der Waals surface area contributed by atoms with Gasteiger partial charge in [-0.2, -0.15) is 5.10 Å². The molecule has 1 aromatic heterocycles. The molecule has 1 heterocycles. The topological polar surface area (TPSA) is 39.1 Å². The molecule has 17 heavy (non-hydrogen) atoms. The van der Waals surface area contributed by atoms with Crippen LogP contribution in [-0.4, -0.2) is 35.6 Å². The molecule has 1 aromatic rings. The van der Waals surface area contributed by atoms with Gasteiger partial charge in [0.1, 0.15) is 0 Å². The van der Waals surface area contributed by atoms with E-state index in [1.165, 1.54) is 12.8 Å². The highest BCUT2D eigenvalue weighted by atomic mass is 16.5. The number of rotatable bonds is 7. The molecule has 2 atom stereocenters. The monoisotopic (exact) mass is 237 g/mol. The van der Waals surface area contributed by atoms with Crippen molar-refractivity contribution in [2.24, 2.45) is 13.0 Å². The van der Waals surface area contributed by atoms with Crippen LogP contribution < -0.4 is 5.32 Å². The van der Waals surface area contributed by atoms with E-state index in [9.17, 15) is 0 Å². The molecule has 0 aromatic carbocycles. The second-order valence-electron chi connectivity index (χ2n) is 4.84. The van der Waals surface area contributed by atoms with E-state index in [1.807, 2.05) is 25.0 Å². The Morgan fingerprint density at radius 1 is 1.59 bits per heavy atom. The molecule has 0 radical (unpaired) electrons. The van der Waals surface area contributed by atoms with Crippen LogP contribution in [-0.2, 0) is 18.2 Å². The molecular formula is C13H23N3O. The molecule has 1 N–H and O–H groups in total. The molecule has 0 aliphatic heterocycles. The summed E-state index contributed by atoms with van der Waals surface area (Å²) >= 11 is 0. The Bertz CT molecular complexity index is 346. The highest BCUT2D eigenvalue weighted by molar-refractivity contribution is 5.04. The number of hydrogen-bond acceptors (Lipinski definition) is 3. The first-order valence-electron chi connectivity index (χ1n) is 6.52. The molecule has 4 nitrogen and oxygen atoms in total. The number of hydrogen-bond donors (Lipinski definition) is 1. The molecule has 2 rings (SSSR count). The zero-order valence-corrected chi connectivity index (χ0v) is 11.0. The van der Waals surface area contributed by atoms with E-state index in [4.69, 9.17) is 4.74 Å². The minimum absolute atomic E-state index is 0.340. The SMILES string of the molecule is CCOC(C1CC1)C(Cc1ccn(C)n1)NC. The fourth-order valence-electron chi connectivity index (χ4n) is 2.38. The van der Waals surface area contributed by atoms with Crippen LogP contribution in [0.5, 0.6) is 0 Å². The number of aromatic nitrogens is 2. The van der Waals surface area contributed by atoms with E-state index in [-0.39, 0.29) is 0 Å². The molecule has 0 saturated heterocycles. The molecular weight excluding hydrogens is 214 g/mol. The lowest BCUT2D eigenvalue weighted by Crippen LogP contribution is -2.42. The molecule has 4 heteroatoms. The predicted molar refractivity (Wildman–Crippen MR) is 67.9 cm³/mol. The van der Waals surface area contributed by atoms with Gasteiger partial charge in [-0.05, 0) is 38.8 Å². The largest absolute Gasteiger partial charge is 0.377 e. The molecule has 1 aliphatic rings. The average Bonchev–Trinajstić information content (AvgIpc) is 3.07. The van der Waals surface area contributed by atoms with Gasteiger partial charge >= 0.3 is 0 Å². The first-order chi connectivity index (χ1) is 8.24. The maximum Gasteiger partial charge on any atom is 0.0759 e. The number of nitrogens with zero attached hydrogens (tertiary/aromatic N) is 2. The third kappa shape index (κ3) is 3.30. The first-order valence-corrected chi connectivity index (χ1v) is 6.52. The van der Waals surface area contributed by atoms with Crippen LogP contribution in [0.2, 0.25) is 0 Å². The second kappa shape index (κ2) is 5.65. The maximum absolute atomic E-state index is 5.90. The van der Waals surface area contributed by atoms with E-state index < -0.39 is 0 Å². The summed E-state index contributed by atoms with van der Waals surface area (Å²) in [6.45, 7) is 2.87. The third-order valence-corrected chi connectivity index (χ3v) is 3.41. The van der Waals surface area contributed by atoms with Crippen molar-refractivity contribution in [1.82, 2.24) is 15.1 Å². The van der Waals surface area contributed by atoms with Gasteiger partial charge in [0.15, 0.2) is 0 Å². The Balaban J connectivity index is 1.98. The Kier molecular flexibility index (Phi) is 4.18. The summed E-state index contributed by atoms with van der Waals surface area (Å²) in [4.78, 5) is 0. The van der Waals surface area contributed by atoms with Gasteiger partial charge < -0.3 is 10.1 Å². The van der Waals surface area contributed by atoms with E-state index in [0.29, 0.717) is 12.1 Å².